The number of hydrogen-bond acceptors (Lipinski definition) is 2. The first-order valence-corrected chi connectivity index (χ1v) is 7.09. The number of nitrogens with one attached hydrogen (secondary N) is 1. The van der Waals surface area contributed by atoms with Crippen LogP contribution in [0.3, 0.4) is 0 Å². The van der Waals surface area contributed by atoms with Crippen LogP contribution in [-0.4, -0.2) is 6.04 Å². The minimum Gasteiger partial charge on any atom is -0.467 e. The minimum absolute atomic E-state index is 0.795. The van der Waals surface area contributed by atoms with E-state index < -0.39 is 0 Å². The predicted octanol–water partition coefficient (Wildman–Crippen LogP) is 3.18. The lowest BCUT2D eigenvalue weighted by molar-refractivity contribution is 0.429. The van der Waals surface area contributed by atoms with Crippen LogP contribution in [0.5, 0.6) is 0 Å². The highest BCUT2D eigenvalue weighted by Gasteiger charge is 2.64. The first-order valence-electron chi connectivity index (χ1n) is 6.30. The van der Waals surface area contributed by atoms with Crippen molar-refractivity contribution in [3.63, 3.8) is 0 Å². The summed E-state index contributed by atoms with van der Waals surface area (Å²) < 4.78 is 6.52. The van der Waals surface area contributed by atoms with Gasteiger partial charge in [-0.25, -0.2) is 0 Å². The highest BCUT2D eigenvalue weighted by molar-refractivity contribution is 9.10. The molecule has 0 radical (unpaired) electrons. The maximum Gasteiger partial charge on any atom is 0.131 e. The van der Waals surface area contributed by atoms with E-state index in [1.54, 1.807) is 6.26 Å². The summed E-state index contributed by atoms with van der Waals surface area (Å²) in [4.78, 5) is 0. The molecule has 0 aliphatic heterocycles. The number of fused-ring (bicyclic) bond motifs is 5. The highest BCUT2D eigenvalue weighted by atomic mass is 79.9. The zero-order chi connectivity index (χ0) is 10.7. The first-order chi connectivity index (χ1) is 7.84. The normalized spacial score (nSPS) is 43.7. The van der Waals surface area contributed by atoms with E-state index in [4.69, 9.17) is 4.42 Å². The van der Waals surface area contributed by atoms with Crippen molar-refractivity contribution in [2.24, 2.45) is 23.7 Å². The molecule has 3 saturated carbocycles. The Hall–Kier alpha value is -0.280. The van der Waals surface area contributed by atoms with Gasteiger partial charge in [0, 0.05) is 6.04 Å². The van der Waals surface area contributed by atoms with Gasteiger partial charge in [0.15, 0.2) is 0 Å². The van der Waals surface area contributed by atoms with E-state index in [0.717, 1.165) is 46.5 Å². The molecule has 0 aromatic carbocycles. The second-order valence-electron chi connectivity index (χ2n) is 5.59. The Balaban J connectivity index is 1.39. The van der Waals surface area contributed by atoms with Crippen LogP contribution in [0, 0.1) is 23.7 Å². The monoisotopic (exact) mass is 281 g/mol. The van der Waals surface area contributed by atoms with Crippen molar-refractivity contribution >= 4 is 15.9 Å². The number of halogens is 1. The molecule has 1 heterocycles. The Bertz CT molecular complexity index is 400. The molecule has 1 aromatic rings. The maximum atomic E-state index is 5.42. The first kappa shape index (κ1) is 9.72. The lowest BCUT2D eigenvalue weighted by Gasteiger charge is -2.09. The van der Waals surface area contributed by atoms with Crippen LogP contribution in [0.15, 0.2) is 21.2 Å². The summed E-state index contributed by atoms with van der Waals surface area (Å²) in [5, 5.41) is 3.68. The van der Waals surface area contributed by atoms with Gasteiger partial charge in [-0.3, -0.25) is 0 Å². The molecule has 1 aromatic heterocycles. The highest BCUT2D eigenvalue weighted by Crippen LogP contribution is 2.65. The van der Waals surface area contributed by atoms with Gasteiger partial charge in [-0.2, -0.15) is 0 Å². The molecular formula is C13H16BrNO. The summed E-state index contributed by atoms with van der Waals surface area (Å²) in [6, 6.07) is 2.76. The van der Waals surface area contributed by atoms with Crippen LogP contribution in [0.2, 0.25) is 0 Å². The summed E-state index contributed by atoms with van der Waals surface area (Å²) in [5.74, 6) is 5.15. The van der Waals surface area contributed by atoms with Crippen molar-refractivity contribution in [1.29, 1.82) is 0 Å². The van der Waals surface area contributed by atoms with Gasteiger partial charge in [0.05, 0.1) is 17.3 Å². The summed E-state index contributed by atoms with van der Waals surface area (Å²) in [6.45, 7) is 0.880. The van der Waals surface area contributed by atoms with Crippen molar-refractivity contribution in [1.82, 2.24) is 5.32 Å². The summed E-state index contributed by atoms with van der Waals surface area (Å²) in [5.41, 5.74) is 0. The summed E-state index contributed by atoms with van der Waals surface area (Å²) in [6.07, 6.45) is 6.26. The maximum absolute atomic E-state index is 5.42. The number of rotatable bonds is 3. The molecule has 1 N–H and O–H groups in total. The van der Waals surface area contributed by atoms with Crippen molar-refractivity contribution in [3.8, 4) is 0 Å². The third-order valence-corrected chi connectivity index (χ3v) is 5.63. The largest absolute Gasteiger partial charge is 0.467 e. The Kier molecular flexibility index (Phi) is 2.04. The van der Waals surface area contributed by atoms with Crippen molar-refractivity contribution in [2.45, 2.75) is 31.8 Å². The zero-order valence-electron chi connectivity index (χ0n) is 9.16. The van der Waals surface area contributed by atoms with E-state index in [1.165, 1.54) is 19.3 Å². The Morgan fingerprint density at radius 1 is 1.31 bits per heavy atom. The molecule has 3 aliphatic carbocycles. The topological polar surface area (TPSA) is 25.2 Å². The van der Waals surface area contributed by atoms with Gasteiger partial charge in [0.2, 0.25) is 0 Å². The fourth-order valence-corrected chi connectivity index (χ4v) is 4.60. The van der Waals surface area contributed by atoms with Crippen molar-refractivity contribution < 1.29 is 4.42 Å². The van der Waals surface area contributed by atoms with Crippen LogP contribution < -0.4 is 5.32 Å². The smallest absolute Gasteiger partial charge is 0.131 e. The van der Waals surface area contributed by atoms with Crippen LogP contribution >= 0.6 is 15.9 Å². The fourth-order valence-electron chi connectivity index (χ4n) is 4.26. The van der Waals surface area contributed by atoms with E-state index >= 15 is 0 Å². The lowest BCUT2D eigenvalue weighted by Crippen LogP contribution is -2.22. The molecule has 0 spiro atoms. The predicted molar refractivity (Wildman–Crippen MR) is 64.8 cm³/mol. The molecule has 4 rings (SSSR count). The molecule has 16 heavy (non-hydrogen) atoms. The standard InChI is InChI=1S/C13H16BrNO/c14-9-3-4-16-10(9)6-15-13-11-7-1-2-8(5-7)12(11)13/h3-4,7-8,11-13,15H,1-2,5-6H2. The van der Waals surface area contributed by atoms with Gasteiger partial charge in [0.25, 0.3) is 0 Å². The Labute approximate surface area is 104 Å². The van der Waals surface area contributed by atoms with Gasteiger partial charge in [-0.15, -0.1) is 0 Å². The van der Waals surface area contributed by atoms with E-state index in [2.05, 4.69) is 21.2 Å². The van der Waals surface area contributed by atoms with Gasteiger partial charge in [-0.05, 0) is 64.9 Å². The molecule has 3 fully saturated rings. The van der Waals surface area contributed by atoms with E-state index in [9.17, 15) is 0 Å². The van der Waals surface area contributed by atoms with Gasteiger partial charge < -0.3 is 9.73 Å². The summed E-state index contributed by atoms with van der Waals surface area (Å²) in [7, 11) is 0. The molecule has 3 aliphatic rings. The minimum atomic E-state index is 0.795. The van der Waals surface area contributed by atoms with Crippen LogP contribution in [-0.2, 0) is 6.54 Å². The average molecular weight is 282 g/mol. The lowest BCUT2D eigenvalue weighted by atomic mass is 10.0. The molecule has 0 amide bonds. The third kappa shape index (κ3) is 1.28. The molecule has 0 saturated heterocycles. The number of furan rings is 1. The fraction of sp³-hybridized carbons (Fsp3) is 0.692. The molecule has 86 valence electrons. The van der Waals surface area contributed by atoms with Crippen LogP contribution in [0.1, 0.15) is 25.0 Å². The van der Waals surface area contributed by atoms with E-state index in [0.29, 0.717) is 0 Å². The SMILES string of the molecule is Brc1ccoc1CNC1C2C3CCC(C3)C12. The molecule has 4 unspecified atom stereocenters. The van der Waals surface area contributed by atoms with Gasteiger partial charge >= 0.3 is 0 Å². The number of hydrogen-bond donors (Lipinski definition) is 1. The molecule has 2 bridgehead atoms. The second-order valence-corrected chi connectivity index (χ2v) is 6.44. The quantitative estimate of drug-likeness (QED) is 0.921. The second kappa shape index (κ2) is 3.36. The van der Waals surface area contributed by atoms with Crippen LogP contribution in [0.25, 0.3) is 0 Å². The van der Waals surface area contributed by atoms with Crippen LogP contribution in [0.4, 0.5) is 0 Å². The van der Waals surface area contributed by atoms with Crippen molar-refractivity contribution in [2.75, 3.05) is 0 Å². The van der Waals surface area contributed by atoms with Gasteiger partial charge in [-0.1, -0.05) is 0 Å². The molecule has 3 heteroatoms. The van der Waals surface area contributed by atoms with E-state index in [1.807, 2.05) is 6.07 Å². The average Bonchev–Trinajstić information content (AvgIpc) is 2.70. The summed E-state index contributed by atoms with van der Waals surface area (Å²) >= 11 is 3.50. The molecule has 2 nitrogen and oxygen atoms in total. The Morgan fingerprint density at radius 3 is 2.69 bits per heavy atom. The van der Waals surface area contributed by atoms with Crippen molar-refractivity contribution in [3.05, 3.63) is 22.6 Å². The molecular weight excluding hydrogens is 266 g/mol. The molecule has 4 atom stereocenters. The van der Waals surface area contributed by atoms with E-state index in [-0.39, 0.29) is 0 Å². The Morgan fingerprint density at radius 2 is 2.06 bits per heavy atom. The van der Waals surface area contributed by atoms with Gasteiger partial charge in [0.1, 0.15) is 5.76 Å². The zero-order valence-corrected chi connectivity index (χ0v) is 10.7. The third-order valence-electron chi connectivity index (χ3n) is 4.92.